The Morgan fingerprint density at radius 2 is 2.27 bits per heavy atom. The molecule has 9 nitrogen and oxygen atoms in total. The van der Waals surface area contributed by atoms with Crippen molar-refractivity contribution in [2.45, 2.75) is 6.10 Å². The van der Waals surface area contributed by atoms with Gasteiger partial charge in [-0.3, -0.25) is 4.79 Å². The summed E-state index contributed by atoms with van der Waals surface area (Å²) >= 11 is 5.90. The van der Waals surface area contributed by atoms with Crippen molar-refractivity contribution in [1.29, 1.82) is 0 Å². The van der Waals surface area contributed by atoms with Crippen molar-refractivity contribution in [3.05, 3.63) is 35.1 Å². The molecule has 1 aromatic carbocycles. The number of hydrogen-bond acceptors (Lipinski definition) is 6. The molecule has 0 bridgehead atoms. The lowest BCUT2D eigenvalue weighted by Gasteiger charge is -2.13. The highest BCUT2D eigenvalue weighted by Crippen LogP contribution is 2.18. The van der Waals surface area contributed by atoms with Gasteiger partial charge in [-0.05, 0) is 28.6 Å². The van der Waals surface area contributed by atoms with Crippen LogP contribution in [0.15, 0.2) is 24.5 Å². The topological polar surface area (TPSA) is 119 Å². The summed E-state index contributed by atoms with van der Waals surface area (Å²) < 4.78 is 6.05. The van der Waals surface area contributed by atoms with Gasteiger partial charge in [0.2, 0.25) is 0 Å². The number of nitrogens with zero attached hydrogens (tertiary/aromatic N) is 4. The van der Waals surface area contributed by atoms with Crippen LogP contribution in [0.2, 0.25) is 5.02 Å². The lowest BCUT2D eigenvalue weighted by molar-refractivity contribution is -0.148. The Labute approximate surface area is 129 Å². The lowest BCUT2D eigenvalue weighted by Crippen LogP contribution is -2.38. The summed E-state index contributed by atoms with van der Waals surface area (Å²) in [5.41, 5.74) is 0.622. The first-order chi connectivity index (χ1) is 10.5. The Bertz CT molecular complexity index is 676. The number of carbonyl (C=O) groups is 2. The van der Waals surface area contributed by atoms with Crippen molar-refractivity contribution in [2.75, 3.05) is 13.7 Å². The van der Waals surface area contributed by atoms with E-state index in [4.69, 9.17) is 21.4 Å². The van der Waals surface area contributed by atoms with Crippen LogP contribution in [-0.4, -0.2) is 56.9 Å². The molecule has 116 valence electrons. The number of carboxylic acids is 1. The zero-order valence-corrected chi connectivity index (χ0v) is 12.2. The lowest BCUT2D eigenvalue weighted by atomic mass is 10.1. The summed E-state index contributed by atoms with van der Waals surface area (Å²) in [6.07, 6.45) is 0.189. The van der Waals surface area contributed by atoms with Gasteiger partial charge in [0, 0.05) is 12.1 Å². The van der Waals surface area contributed by atoms with E-state index >= 15 is 0 Å². The molecule has 0 saturated carbocycles. The Morgan fingerprint density at radius 1 is 1.50 bits per heavy atom. The van der Waals surface area contributed by atoms with Crippen molar-refractivity contribution in [1.82, 2.24) is 25.5 Å². The van der Waals surface area contributed by atoms with Gasteiger partial charge >= 0.3 is 5.97 Å². The van der Waals surface area contributed by atoms with Crippen molar-refractivity contribution in [3.8, 4) is 5.69 Å². The molecule has 0 aliphatic carbocycles. The highest BCUT2D eigenvalue weighted by molar-refractivity contribution is 6.31. The van der Waals surface area contributed by atoms with Crippen molar-refractivity contribution in [2.24, 2.45) is 0 Å². The van der Waals surface area contributed by atoms with Crippen LogP contribution in [0.5, 0.6) is 0 Å². The summed E-state index contributed by atoms with van der Waals surface area (Å²) in [4.78, 5) is 23.1. The predicted molar refractivity (Wildman–Crippen MR) is 74.9 cm³/mol. The first-order valence-electron chi connectivity index (χ1n) is 6.09. The molecular weight excluding hydrogens is 314 g/mol. The molecule has 22 heavy (non-hydrogen) atoms. The number of carbonyl (C=O) groups excluding carboxylic acids is 1. The number of hydrogen-bond donors (Lipinski definition) is 2. The van der Waals surface area contributed by atoms with E-state index in [1.54, 1.807) is 12.1 Å². The normalized spacial score (nSPS) is 11.9. The fourth-order valence-electron chi connectivity index (χ4n) is 1.71. The van der Waals surface area contributed by atoms with E-state index in [1.807, 2.05) is 0 Å². The van der Waals surface area contributed by atoms with Crippen LogP contribution >= 0.6 is 11.6 Å². The van der Waals surface area contributed by atoms with Crippen molar-refractivity contribution < 1.29 is 19.4 Å². The minimum Gasteiger partial charge on any atom is -0.479 e. The van der Waals surface area contributed by atoms with Crippen LogP contribution in [0.25, 0.3) is 5.69 Å². The van der Waals surface area contributed by atoms with Crippen LogP contribution in [0, 0.1) is 0 Å². The Hall–Kier alpha value is -2.52. The number of halogens is 1. The highest BCUT2D eigenvalue weighted by Gasteiger charge is 2.20. The number of amides is 1. The number of methoxy groups -OCH3 is 1. The van der Waals surface area contributed by atoms with Crippen LogP contribution < -0.4 is 5.32 Å². The monoisotopic (exact) mass is 325 g/mol. The van der Waals surface area contributed by atoms with Crippen LogP contribution in [-0.2, 0) is 9.53 Å². The van der Waals surface area contributed by atoms with Gasteiger partial charge in [0.15, 0.2) is 6.10 Å². The Balaban J connectivity index is 2.22. The molecule has 10 heteroatoms. The Morgan fingerprint density at radius 3 is 2.86 bits per heavy atom. The van der Waals surface area contributed by atoms with Gasteiger partial charge in [-0.1, -0.05) is 11.6 Å². The molecular formula is C12H12ClN5O4. The van der Waals surface area contributed by atoms with E-state index in [0.29, 0.717) is 10.7 Å². The van der Waals surface area contributed by atoms with Crippen molar-refractivity contribution >= 4 is 23.5 Å². The third kappa shape index (κ3) is 3.57. The largest absolute Gasteiger partial charge is 0.479 e. The van der Waals surface area contributed by atoms with Crippen LogP contribution in [0.4, 0.5) is 0 Å². The van der Waals surface area contributed by atoms with Gasteiger partial charge in [-0.2, -0.15) is 4.68 Å². The number of tetrazole rings is 1. The van der Waals surface area contributed by atoms with Gasteiger partial charge in [0.25, 0.3) is 5.91 Å². The maximum absolute atomic E-state index is 12.3. The van der Waals surface area contributed by atoms with Gasteiger partial charge in [0.05, 0.1) is 17.8 Å². The molecule has 1 heterocycles. The van der Waals surface area contributed by atoms with E-state index in [-0.39, 0.29) is 12.1 Å². The standard InChI is InChI=1S/C12H12ClN5O4/c1-22-10(12(20)21)5-14-11(19)8-4-7(13)2-3-9(8)18-6-15-16-17-18/h2-4,6,10H,5H2,1H3,(H,14,19)(H,20,21). The molecule has 1 aromatic heterocycles. The number of carboxylic acid groups (broad SMARTS) is 1. The number of aliphatic carboxylic acids is 1. The minimum atomic E-state index is -1.17. The smallest absolute Gasteiger partial charge is 0.334 e. The quantitative estimate of drug-likeness (QED) is 0.775. The molecule has 0 aliphatic heterocycles. The number of ether oxygens (including phenoxy) is 1. The summed E-state index contributed by atoms with van der Waals surface area (Å²) in [7, 11) is 1.25. The van der Waals surface area contributed by atoms with E-state index < -0.39 is 18.0 Å². The van der Waals surface area contributed by atoms with Gasteiger partial charge in [0.1, 0.15) is 6.33 Å². The molecule has 1 unspecified atom stereocenters. The third-order valence-electron chi connectivity index (χ3n) is 2.81. The zero-order chi connectivity index (χ0) is 16.1. The Kier molecular flexibility index (Phi) is 5.02. The first-order valence-corrected chi connectivity index (χ1v) is 6.47. The molecule has 0 spiro atoms. The van der Waals surface area contributed by atoms with Crippen molar-refractivity contribution in [3.63, 3.8) is 0 Å². The highest BCUT2D eigenvalue weighted by atomic mass is 35.5. The SMILES string of the molecule is COC(CNC(=O)c1cc(Cl)ccc1-n1cnnn1)C(=O)O. The predicted octanol–water partition coefficient (Wildman–Crippen LogP) is 0.145. The molecule has 1 atom stereocenters. The second kappa shape index (κ2) is 6.96. The maximum Gasteiger partial charge on any atom is 0.334 e. The zero-order valence-electron chi connectivity index (χ0n) is 11.4. The number of benzene rings is 1. The number of aromatic nitrogens is 4. The number of rotatable bonds is 6. The maximum atomic E-state index is 12.3. The van der Waals surface area contributed by atoms with E-state index in [2.05, 4.69) is 20.8 Å². The molecule has 2 N–H and O–H groups in total. The minimum absolute atomic E-state index is 0.188. The fourth-order valence-corrected chi connectivity index (χ4v) is 1.89. The van der Waals surface area contributed by atoms with E-state index in [9.17, 15) is 9.59 Å². The second-order valence-electron chi connectivity index (χ2n) is 4.19. The average Bonchev–Trinajstić information content (AvgIpc) is 3.01. The molecule has 0 radical (unpaired) electrons. The summed E-state index contributed by atoms with van der Waals surface area (Å²) in [5.74, 6) is -1.69. The summed E-state index contributed by atoms with van der Waals surface area (Å²) in [6.45, 7) is -0.188. The third-order valence-corrected chi connectivity index (χ3v) is 3.04. The molecule has 2 aromatic rings. The average molecular weight is 326 g/mol. The molecule has 0 aliphatic rings. The van der Waals surface area contributed by atoms with Gasteiger partial charge in [-0.25, -0.2) is 4.79 Å². The van der Waals surface area contributed by atoms with E-state index in [1.165, 1.54) is 24.2 Å². The molecule has 0 saturated heterocycles. The molecule has 1 amide bonds. The molecule has 0 fully saturated rings. The summed E-state index contributed by atoms with van der Waals surface area (Å²) in [6, 6.07) is 4.61. The van der Waals surface area contributed by atoms with Crippen LogP contribution in [0.3, 0.4) is 0 Å². The fraction of sp³-hybridized carbons (Fsp3) is 0.250. The number of nitrogens with one attached hydrogen (secondary N) is 1. The first kappa shape index (κ1) is 15.9. The van der Waals surface area contributed by atoms with Gasteiger partial charge in [-0.15, -0.1) is 5.10 Å². The van der Waals surface area contributed by atoms with Crippen LogP contribution in [0.1, 0.15) is 10.4 Å². The molecule has 2 rings (SSSR count). The second-order valence-corrected chi connectivity index (χ2v) is 4.62. The van der Waals surface area contributed by atoms with Gasteiger partial charge < -0.3 is 15.2 Å². The summed E-state index contributed by atoms with van der Waals surface area (Å²) in [5, 5.41) is 22.4. The van der Waals surface area contributed by atoms with E-state index in [0.717, 1.165) is 0 Å².